The molecule has 1 aromatic heterocycles. The van der Waals surface area contributed by atoms with Crippen LogP contribution < -0.4 is 10.5 Å². The summed E-state index contributed by atoms with van der Waals surface area (Å²) in [6.07, 6.45) is 4.02. The van der Waals surface area contributed by atoms with Gasteiger partial charge in [0.15, 0.2) is 0 Å². The zero-order valence-corrected chi connectivity index (χ0v) is 13.2. The molecule has 0 aromatic carbocycles. The van der Waals surface area contributed by atoms with Gasteiger partial charge in [-0.15, -0.1) is 0 Å². The smallest absolute Gasteiger partial charge is 0.242 e. The van der Waals surface area contributed by atoms with Gasteiger partial charge in [0, 0.05) is 12.2 Å². The van der Waals surface area contributed by atoms with Crippen LogP contribution in [-0.2, 0) is 10.0 Å². The van der Waals surface area contributed by atoms with E-state index in [2.05, 4.69) is 9.71 Å². The van der Waals surface area contributed by atoms with Crippen LogP contribution in [0.15, 0.2) is 23.2 Å². The number of thioether (sulfide) groups is 1. The number of hydrogen-bond donors (Lipinski definition) is 2. The Labute approximate surface area is 123 Å². The van der Waals surface area contributed by atoms with Crippen LogP contribution in [0.4, 0.5) is 0 Å². The maximum absolute atomic E-state index is 12.1. The monoisotopic (exact) mass is 319 g/mol. The van der Waals surface area contributed by atoms with Crippen molar-refractivity contribution < 1.29 is 8.42 Å². The van der Waals surface area contributed by atoms with Crippen molar-refractivity contribution in [3.05, 3.63) is 24.0 Å². The Morgan fingerprint density at radius 1 is 1.58 bits per heavy atom. The van der Waals surface area contributed by atoms with E-state index >= 15 is 0 Å². The second-order valence-corrected chi connectivity index (χ2v) is 7.19. The van der Waals surface area contributed by atoms with Crippen LogP contribution in [0.25, 0.3) is 0 Å². The number of sulfonamides is 1. The van der Waals surface area contributed by atoms with E-state index in [1.807, 2.05) is 13.2 Å². The lowest BCUT2D eigenvalue weighted by Gasteiger charge is -2.13. The average Bonchev–Trinajstić information content (AvgIpc) is 2.36. The zero-order chi connectivity index (χ0) is 14.5. The normalized spacial score (nSPS) is 13.2. The third kappa shape index (κ3) is 5.06. The van der Waals surface area contributed by atoms with Crippen LogP contribution in [0, 0.1) is 0 Å². The topological polar surface area (TPSA) is 85.1 Å². The minimum absolute atomic E-state index is 0.114. The maximum atomic E-state index is 12.1. The quantitative estimate of drug-likeness (QED) is 0.733. The molecule has 1 heterocycles. The van der Waals surface area contributed by atoms with Gasteiger partial charge in [-0.2, -0.15) is 11.8 Å². The fourth-order valence-corrected chi connectivity index (χ4v) is 3.30. The summed E-state index contributed by atoms with van der Waals surface area (Å²) >= 11 is 6.45. The number of pyridine rings is 1. The molecule has 0 aliphatic rings. The van der Waals surface area contributed by atoms with Gasteiger partial charge in [-0.05, 0) is 37.5 Å². The van der Waals surface area contributed by atoms with E-state index in [1.165, 1.54) is 18.3 Å². The molecular formula is C11H17N3O2S3. The van der Waals surface area contributed by atoms with Crippen LogP contribution in [-0.4, -0.2) is 36.4 Å². The van der Waals surface area contributed by atoms with Crippen LogP contribution in [0.5, 0.6) is 0 Å². The largest absolute Gasteiger partial charge is 0.388 e. The highest BCUT2D eigenvalue weighted by molar-refractivity contribution is 7.98. The lowest BCUT2D eigenvalue weighted by Crippen LogP contribution is -2.33. The van der Waals surface area contributed by atoms with Gasteiger partial charge in [0.05, 0.1) is 5.69 Å². The number of nitrogens with two attached hydrogens (primary N) is 1. The summed E-state index contributed by atoms with van der Waals surface area (Å²) in [5.41, 5.74) is 5.82. The predicted molar refractivity (Wildman–Crippen MR) is 82.9 cm³/mol. The van der Waals surface area contributed by atoms with Crippen molar-refractivity contribution in [2.45, 2.75) is 24.3 Å². The highest BCUT2D eigenvalue weighted by atomic mass is 32.2. The zero-order valence-electron chi connectivity index (χ0n) is 10.8. The molecule has 0 aliphatic heterocycles. The maximum Gasteiger partial charge on any atom is 0.242 e. The van der Waals surface area contributed by atoms with E-state index in [4.69, 9.17) is 18.0 Å². The molecule has 0 saturated heterocycles. The van der Waals surface area contributed by atoms with Gasteiger partial charge in [0.25, 0.3) is 0 Å². The predicted octanol–water partition coefficient (Wildman–Crippen LogP) is 1.14. The fraction of sp³-hybridized carbons (Fsp3) is 0.455. The SMILES string of the molecule is CSCCC(C)NS(=O)(=O)c1ccc(C(N)=S)nc1. The van der Waals surface area contributed by atoms with Crippen LogP contribution >= 0.6 is 24.0 Å². The fourth-order valence-electron chi connectivity index (χ4n) is 1.37. The third-order valence-electron chi connectivity index (χ3n) is 2.41. The third-order valence-corrected chi connectivity index (χ3v) is 4.84. The summed E-state index contributed by atoms with van der Waals surface area (Å²) in [7, 11) is -3.54. The lowest BCUT2D eigenvalue weighted by atomic mass is 10.3. The minimum atomic E-state index is -3.54. The first kappa shape index (κ1) is 16.4. The highest BCUT2D eigenvalue weighted by Gasteiger charge is 2.17. The summed E-state index contributed by atoms with van der Waals surface area (Å²) < 4.78 is 26.7. The molecule has 0 spiro atoms. The second-order valence-electron chi connectivity index (χ2n) is 4.05. The van der Waals surface area contributed by atoms with Gasteiger partial charge in [-0.1, -0.05) is 12.2 Å². The summed E-state index contributed by atoms with van der Waals surface area (Å²) in [6, 6.07) is 2.84. The first-order valence-corrected chi connectivity index (χ1v) is 8.92. The molecule has 19 heavy (non-hydrogen) atoms. The van der Waals surface area contributed by atoms with Gasteiger partial charge in [-0.25, -0.2) is 13.1 Å². The molecule has 1 atom stereocenters. The number of thiocarbonyl (C=S) groups is 1. The molecule has 0 amide bonds. The molecule has 0 radical (unpaired) electrons. The van der Waals surface area contributed by atoms with Crippen LogP contribution in [0.1, 0.15) is 19.0 Å². The van der Waals surface area contributed by atoms with Gasteiger partial charge < -0.3 is 5.73 Å². The molecule has 5 nitrogen and oxygen atoms in total. The molecule has 106 valence electrons. The molecule has 0 saturated carbocycles. The minimum Gasteiger partial charge on any atom is -0.388 e. The molecule has 3 N–H and O–H groups in total. The lowest BCUT2D eigenvalue weighted by molar-refractivity contribution is 0.556. The van der Waals surface area contributed by atoms with Gasteiger partial charge in [0.1, 0.15) is 9.88 Å². The van der Waals surface area contributed by atoms with Gasteiger partial charge in [0.2, 0.25) is 10.0 Å². The number of nitrogens with zero attached hydrogens (tertiary/aromatic N) is 1. The summed E-state index contributed by atoms with van der Waals surface area (Å²) in [5, 5.41) is 0. The average molecular weight is 319 g/mol. The van der Waals surface area contributed by atoms with Crippen LogP contribution in [0.2, 0.25) is 0 Å². The van der Waals surface area contributed by atoms with Crippen molar-refractivity contribution in [1.82, 2.24) is 9.71 Å². The number of aromatic nitrogens is 1. The molecule has 0 fully saturated rings. The standard InChI is InChI=1S/C11H17N3O2S3/c1-8(5-6-18-2)14-19(15,16)9-3-4-10(11(12)17)13-7-9/h3-4,7-8,14H,5-6H2,1-2H3,(H2,12,17). The van der Waals surface area contributed by atoms with Gasteiger partial charge in [-0.3, -0.25) is 4.98 Å². The number of nitrogens with one attached hydrogen (secondary N) is 1. The van der Waals surface area contributed by atoms with Crippen molar-refractivity contribution in [3.63, 3.8) is 0 Å². The molecule has 8 heteroatoms. The molecule has 0 bridgehead atoms. The van der Waals surface area contributed by atoms with Crippen molar-refractivity contribution in [2.75, 3.05) is 12.0 Å². The Balaban J connectivity index is 2.79. The van der Waals surface area contributed by atoms with E-state index in [0.717, 1.165) is 12.2 Å². The Morgan fingerprint density at radius 3 is 2.74 bits per heavy atom. The van der Waals surface area contributed by atoms with E-state index in [1.54, 1.807) is 11.8 Å². The first-order chi connectivity index (χ1) is 8.86. The van der Waals surface area contributed by atoms with Crippen LogP contribution in [0.3, 0.4) is 0 Å². The van der Waals surface area contributed by atoms with Crippen molar-refractivity contribution in [2.24, 2.45) is 5.73 Å². The number of hydrogen-bond acceptors (Lipinski definition) is 5. The first-order valence-electron chi connectivity index (χ1n) is 5.64. The molecule has 0 aliphatic carbocycles. The van der Waals surface area contributed by atoms with Crippen molar-refractivity contribution in [3.8, 4) is 0 Å². The molecular weight excluding hydrogens is 302 g/mol. The van der Waals surface area contributed by atoms with Crippen molar-refractivity contribution >= 4 is 39.0 Å². The second kappa shape index (κ2) is 7.18. The Kier molecular flexibility index (Phi) is 6.18. The molecule has 1 rings (SSSR count). The summed E-state index contributed by atoms with van der Waals surface area (Å²) in [6.45, 7) is 1.84. The van der Waals surface area contributed by atoms with E-state index < -0.39 is 10.0 Å². The van der Waals surface area contributed by atoms with E-state index in [0.29, 0.717) is 5.69 Å². The molecule has 1 aromatic rings. The Hall–Kier alpha value is -0.700. The van der Waals surface area contributed by atoms with E-state index in [9.17, 15) is 8.42 Å². The summed E-state index contributed by atoms with van der Waals surface area (Å²) in [4.78, 5) is 4.18. The molecule has 1 unspecified atom stereocenters. The van der Waals surface area contributed by atoms with E-state index in [-0.39, 0.29) is 15.9 Å². The highest BCUT2D eigenvalue weighted by Crippen LogP contribution is 2.10. The van der Waals surface area contributed by atoms with Gasteiger partial charge >= 0.3 is 0 Å². The number of rotatable bonds is 7. The summed E-state index contributed by atoms with van der Waals surface area (Å²) in [5.74, 6) is 0.905. The Morgan fingerprint density at radius 2 is 2.26 bits per heavy atom. The Bertz CT molecular complexity index is 529. The van der Waals surface area contributed by atoms with Crippen molar-refractivity contribution in [1.29, 1.82) is 0 Å².